The zero-order valence-electron chi connectivity index (χ0n) is 5.89. The summed E-state index contributed by atoms with van der Waals surface area (Å²) in [4.78, 5) is 0. The molecule has 0 heterocycles. The minimum Gasteiger partial charge on any atom is -0.326 e. The Morgan fingerprint density at radius 2 is 2.10 bits per heavy atom. The molecule has 2 heteroatoms. The second kappa shape index (κ2) is 3.34. The van der Waals surface area contributed by atoms with Crippen molar-refractivity contribution < 1.29 is 0 Å². The van der Waals surface area contributed by atoms with Crippen LogP contribution >= 0.6 is 22.6 Å². The van der Waals surface area contributed by atoms with E-state index in [4.69, 9.17) is 5.73 Å². The molecule has 0 bridgehead atoms. The summed E-state index contributed by atoms with van der Waals surface area (Å²) in [5, 5.41) is 0. The largest absolute Gasteiger partial charge is 0.326 e. The molecule has 54 valence electrons. The van der Waals surface area contributed by atoms with Crippen LogP contribution in [0.15, 0.2) is 18.2 Å². The van der Waals surface area contributed by atoms with Crippen molar-refractivity contribution in [1.29, 1.82) is 0 Å². The van der Waals surface area contributed by atoms with Crippen molar-refractivity contribution in [2.45, 2.75) is 13.5 Å². The molecule has 0 aromatic heterocycles. The fourth-order valence-electron chi connectivity index (χ4n) is 0.930. The van der Waals surface area contributed by atoms with Gasteiger partial charge in [-0.05, 0) is 52.8 Å². The van der Waals surface area contributed by atoms with Crippen LogP contribution in [0.1, 0.15) is 11.1 Å². The predicted octanol–water partition coefficient (Wildman–Crippen LogP) is 2.06. The minimum atomic E-state index is 0.637. The average molecular weight is 247 g/mol. The number of aryl methyl sites for hydroxylation is 1. The van der Waals surface area contributed by atoms with Crippen LogP contribution in [0.4, 0.5) is 0 Å². The summed E-state index contributed by atoms with van der Waals surface area (Å²) in [5.74, 6) is 0. The highest BCUT2D eigenvalue weighted by Crippen LogP contribution is 2.10. The molecule has 0 unspecified atom stereocenters. The van der Waals surface area contributed by atoms with Gasteiger partial charge in [-0.3, -0.25) is 0 Å². The number of hydrogen-bond donors (Lipinski definition) is 1. The van der Waals surface area contributed by atoms with Crippen LogP contribution in [0.3, 0.4) is 0 Å². The van der Waals surface area contributed by atoms with E-state index >= 15 is 0 Å². The van der Waals surface area contributed by atoms with Gasteiger partial charge in [-0.15, -0.1) is 0 Å². The Kier molecular flexibility index (Phi) is 2.68. The summed E-state index contributed by atoms with van der Waals surface area (Å²) in [6.45, 7) is 2.72. The normalized spacial score (nSPS) is 9.90. The molecule has 1 nitrogen and oxygen atoms in total. The number of rotatable bonds is 1. The van der Waals surface area contributed by atoms with Gasteiger partial charge in [-0.2, -0.15) is 0 Å². The van der Waals surface area contributed by atoms with E-state index in [1.54, 1.807) is 0 Å². The third-order valence-corrected chi connectivity index (χ3v) is 1.96. The molecular weight excluding hydrogens is 237 g/mol. The van der Waals surface area contributed by atoms with E-state index < -0.39 is 0 Å². The van der Waals surface area contributed by atoms with E-state index in [1.807, 2.05) is 0 Å². The Balaban J connectivity index is 3.06. The first kappa shape index (κ1) is 8.01. The van der Waals surface area contributed by atoms with E-state index in [2.05, 4.69) is 47.7 Å². The Hall–Kier alpha value is -0.0900. The molecule has 0 aliphatic rings. The highest BCUT2D eigenvalue weighted by molar-refractivity contribution is 14.1. The van der Waals surface area contributed by atoms with Crippen molar-refractivity contribution in [3.8, 4) is 0 Å². The van der Waals surface area contributed by atoms with Crippen molar-refractivity contribution >= 4 is 22.6 Å². The Morgan fingerprint density at radius 3 is 2.60 bits per heavy atom. The molecule has 0 atom stereocenters. The first-order valence-electron chi connectivity index (χ1n) is 3.18. The van der Waals surface area contributed by atoms with Gasteiger partial charge in [0, 0.05) is 10.1 Å². The molecule has 0 saturated carbocycles. The van der Waals surface area contributed by atoms with Crippen molar-refractivity contribution in [3.05, 3.63) is 32.9 Å². The Labute approximate surface area is 74.8 Å². The number of halogens is 1. The molecule has 0 aliphatic heterocycles. The van der Waals surface area contributed by atoms with Crippen molar-refractivity contribution in [1.82, 2.24) is 0 Å². The molecule has 0 fully saturated rings. The van der Waals surface area contributed by atoms with Crippen molar-refractivity contribution in [3.63, 3.8) is 0 Å². The van der Waals surface area contributed by atoms with Crippen LogP contribution < -0.4 is 5.73 Å². The van der Waals surface area contributed by atoms with Gasteiger partial charge < -0.3 is 5.73 Å². The predicted molar refractivity (Wildman–Crippen MR) is 51.8 cm³/mol. The molecule has 1 aromatic rings. The van der Waals surface area contributed by atoms with E-state index in [0.717, 1.165) is 0 Å². The number of hydrogen-bond acceptors (Lipinski definition) is 1. The third-order valence-electron chi connectivity index (χ3n) is 1.34. The van der Waals surface area contributed by atoms with Crippen LogP contribution in [0, 0.1) is 10.5 Å². The van der Waals surface area contributed by atoms with Gasteiger partial charge in [0.1, 0.15) is 0 Å². The average Bonchev–Trinajstić information content (AvgIpc) is 1.85. The van der Waals surface area contributed by atoms with Crippen LogP contribution in [0.5, 0.6) is 0 Å². The summed E-state index contributed by atoms with van der Waals surface area (Å²) < 4.78 is 1.26. The summed E-state index contributed by atoms with van der Waals surface area (Å²) in [5.41, 5.74) is 7.98. The molecule has 1 rings (SSSR count). The quantitative estimate of drug-likeness (QED) is 0.755. The van der Waals surface area contributed by atoms with Crippen LogP contribution in [-0.4, -0.2) is 0 Å². The third kappa shape index (κ3) is 1.95. The fraction of sp³-hybridized carbons (Fsp3) is 0.250. The smallest absolute Gasteiger partial charge is 0.0178 e. The van der Waals surface area contributed by atoms with Gasteiger partial charge in [0.15, 0.2) is 0 Å². The van der Waals surface area contributed by atoms with Crippen LogP contribution in [0.2, 0.25) is 0 Å². The SMILES string of the molecule is Cc1cc(I)cc(CN)c1. The number of nitrogens with two attached hydrogens (primary N) is 1. The summed E-state index contributed by atoms with van der Waals surface area (Å²) >= 11 is 2.30. The molecule has 2 N–H and O–H groups in total. The zero-order chi connectivity index (χ0) is 7.56. The summed E-state index contributed by atoms with van der Waals surface area (Å²) in [6.07, 6.45) is 0. The second-order valence-electron chi connectivity index (χ2n) is 2.34. The lowest BCUT2D eigenvalue weighted by Crippen LogP contribution is -1.96. The van der Waals surface area contributed by atoms with E-state index in [0.29, 0.717) is 6.54 Å². The minimum absolute atomic E-state index is 0.637. The Bertz CT molecular complexity index is 212. The van der Waals surface area contributed by atoms with Gasteiger partial charge in [0.25, 0.3) is 0 Å². The van der Waals surface area contributed by atoms with Crippen LogP contribution in [-0.2, 0) is 6.54 Å². The lowest BCUT2D eigenvalue weighted by atomic mass is 10.1. The first-order valence-corrected chi connectivity index (χ1v) is 4.26. The van der Waals surface area contributed by atoms with Crippen molar-refractivity contribution in [2.24, 2.45) is 5.73 Å². The molecule has 0 spiro atoms. The second-order valence-corrected chi connectivity index (χ2v) is 3.59. The molecule has 0 saturated heterocycles. The fourth-order valence-corrected chi connectivity index (χ4v) is 1.82. The van der Waals surface area contributed by atoms with E-state index in [1.165, 1.54) is 14.7 Å². The molecule has 0 amide bonds. The Morgan fingerprint density at radius 1 is 1.40 bits per heavy atom. The maximum absolute atomic E-state index is 5.48. The highest BCUT2D eigenvalue weighted by Gasteiger charge is 1.92. The van der Waals surface area contributed by atoms with Gasteiger partial charge in [0.2, 0.25) is 0 Å². The molecular formula is C8H10IN. The molecule has 10 heavy (non-hydrogen) atoms. The van der Waals surface area contributed by atoms with Gasteiger partial charge >= 0.3 is 0 Å². The van der Waals surface area contributed by atoms with Gasteiger partial charge in [0.05, 0.1) is 0 Å². The maximum Gasteiger partial charge on any atom is 0.0178 e. The van der Waals surface area contributed by atoms with E-state index in [9.17, 15) is 0 Å². The first-order chi connectivity index (χ1) is 4.72. The standard InChI is InChI=1S/C8H10IN/c1-6-2-7(5-10)4-8(9)3-6/h2-4H,5,10H2,1H3. The van der Waals surface area contributed by atoms with Gasteiger partial charge in [-0.1, -0.05) is 6.07 Å². The van der Waals surface area contributed by atoms with Gasteiger partial charge in [-0.25, -0.2) is 0 Å². The maximum atomic E-state index is 5.48. The summed E-state index contributed by atoms with van der Waals surface area (Å²) in [6, 6.07) is 6.36. The topological polar surface area (TPSA) is 26.0 Å². The molecule has 1 aromatic carbocycles. The highest BCUT2D eigenvalue weighted by atomic mass is 127. The molecule has 0 aliphatic carbocycles. The zero-order valence-corrected chi connectivity index (χ0v) is 8.05. The molecule has 0 radical (unpaired) electrons. The van der Waals surface area contributed by atoms with E-state index in [-0.39, 0.29) is 0 Å². The lowest BCUT2D eigenvalue weighted by molar-refractivity contribution is 1.06. The monoisotopic (exact) mass is 247 g/mol. The summed E-state index contributed by atoms with van der Waals surface area (Å²) in [7, 11) is 0. The lowest BCUT2D eigenvalue weighted by Gasteiger charge is -1.99. The van der Waals surface area contributed by atoms with Crippen LogP contribution in [0.25, 0.3) is 0 Å². The van der Waals surface area contributed by atoms with Crippen molar-refractivity contribution in [2.75, 3.05) is 0 Å². The number of benzene rings is 1.